The van der Waals surface area contributed by atoms with E-state index in [4.69, 9.17) is 4.42 Å². The van der Waals surface area contributed by atoms with E-state index >= 15 is 0 Å². The van der Waals surface area contributed by atoms with Crippen LogP contribution in [0, 0.1) is 12.8 Å². The number of carbonyl (C=O) groups is 2. The maximum atomic E-state index is 11.6. The summed E-state index contributed by atoms with van der Waals surface area (Å²) >= 11 is 0. The minimum atomic E-state index is -0.435. The Morgan fingerprint density at radius 1 is 1.45 bits per heavy atom. The number of nitrogens with one attached hydrogen (secondary N) is 2. The summed E-state index contributed by atoms with van der Waals surface area (Å²) in [7, 11) is 1.32. The second-order valence-electron chi connectivity index (χ2n) is 5.03. The molecule has 1 aliphatic rings. The van der Waals surface area contributed by atoms with Crippen LogP contribution in [0.5, 0.6) is 0 Å². The molecule has 0 aromatic carbocycles. The van der Waals surface area contributed by atoms with Gasteiger partial charge in [0.1, 0.15) is 17.1 Å². The lowest BCUT2D eigenvalue weighted by Gasteiger charge is -2.04. The second-order valence-corrected chi connectivity index (χ2v) is 5.03. The van der Waals surface area contributed by atoms with Crippen LogP contribution in [0.1, 0.15) is 34.7 Å². The SMILES string of the molecule is COC(=O)c1cc(CNC(=O)CNCC2CC2)oc1C. The van der Waals surface area contributed by atoms with Crippen molar-refractivity contribution in [3.8, 4) is 0 Å². The number of aryl methyl sites for hydroxylation is 1. The Hall–Kier alpha value is -1.82. The molecule has 0 saturated heterocycles. The zero-order valence-electron chi connectivity index (χ0n) is 11.8. The quantitative estimate of drug-likeness (QED) is 0.728. The molecule has 20 heavy (non-hydrogen) atoms. The highest BCUT2D eigenvalue weighted by molar-refractivity contribution is 5.90. The second kappa shape index (κ2) is 6.56. The fourth-order valence-corrected chi connectivity index (χ4v) is 1.90. The highest BCUT2D eigenvalue weighted by Gasteiger charge is 2.20. The van der Waals surface area contributed by atoms with Crippen molar-refractivity contribution < 1.29 is 18.7 Å². The van der Waals surface area contributed by atoms with Crippen molar-refractivity contribution in [2.75, 3.05) is 20.2 Å². The van der Waals surface area contributed by atoms with E-state index in [1.165, 1.54) is 20.0 Å². The van der Waals surface area contributed by atoms with Gasteiger partial charge in [0.15, 0.2) is 0 Å². The van der Waals surface area contributed by atoms with Gasteiger partial charge in [0.25, 0.3) is 0 Å². The molecule has 0 atom stereocenters. The van der Waals surface area contributed by atoms with Gasteiger partial charge in [0, 0.05) is 0 Å². The van der Waals surface area contributed by atoms with Gasteiger partial charge < -0.3 is 19.8 Å². The maximum absolute atomic E-state index is 11.6. The Bertz CT molecular complexity index is 491. The first-order chi connectivity index (χ1) is 9.60. The minimum absolute atomic E-state index is 0.0840. The van der Waals surface area contributed by atoms with Crippen molar-refractivity contribution in [1.29, 1.82) is 0 Å². The molecule has 0 bridgehead atoms. The van der Waals surface area contributed by atoms with Crippen molar-refractivity contribution in [1.82, 2.24) is 10.6 Å². The lowest BCUT2D eigenvalue weighted by molar-refractivity contribution is -0.120. The number of methoxy groups -OCH3 is 1. The van der Waals surface area contributed by atoms with Crippen molar-refractivity contribution in [2.24, 2.45) is 5.92 Å². The Morgan fingerprint density at radius 3 is 2.85 bits per heavy atom. The minimum Gasteiger partial charge on any atom is -0.465 e. The fourth-order valence-electron chi connectivity index (χ4n) is 1.90. The van der Waals surface area contributed by atoms with E-state index in [0.29, 0.717) is 23.6 Å². The number of esters is 1. The van der Waals surface area contributed by atoms with Gasteiger partial charge in [-0.15, -0.1) is 0 Å². The topological polar surface area (TPSA) is 80.6 Å². The van der Waals surface area contributed by atoms with Crippen LogP contribution in [0.15, 0.2) is 10.5 Å². The van der Waals surface area contributed by atoms with Gasteiger partial charge in [0.2, 0.25) is 5.91 Å². The standard InChI is InChI=1S/C14H20N2O4/c1-9-12(14(18)19-2)5-11(20-9)7-16-13(17)8-15-6-10-3-4-10/h5,10,15H,3-4,6-8H2,1-2H3,(H,16,17). The van der Waals surface area contributed by atoms with Crippen LogP contribution in [0.4, 0.5) is 0 Å². The van der Waals surface area contributed by atoms with Gasteiger partial charge in [0.05, 0.1) is 20.2 Å². The highest BCUT2D eigenvalue weighted by Crippen LogP contribution is 2.27. The molecular weight excluding hydrogens is 260 g/mol. The molecule has 2 N–H and O–H groups in total. The lowest BCUT2D eigenvalue weighted by atomic mass is 10.2. The Morgan fingerprint density at radius 2 is 2.20 bits per heavy atom. The summed E-state index contributed by atoms with van der Waals surface area (Å²) < 4.78 is 10.0. The molecule has 1 heterocycles. The Labute approximate surface area is 117 Å². The van der Waals surface area contributed by atoms with E-state index in [1.54, 1.807) is 13.0 Å². The van der Waals surface area contributed by atoms with E-state index in [9.17, 15) is 9.59 Å². The number of hydrogen-bond donors (Lipinski definition) is 2. The molecule has 1 saturated carbocycles. The first-order valence-electron chi connectivity index (χ1n) is 6.75. The number of hydrogen-bond acceptors (Lipinski definition) is 5. The maximum Gasteiger partial charge on any atom is 0.341 e. The molecule has 1 amide bonds. The number of ether oxygens (including phenoxy) is 1. The van der Waals surface area contributed by atoms with Crippen LogP contribution in [-0.2, 0) is 16.1 Å². The number of furan rings is 1. The van der Waals surface area contributed by atoms with Crippen LogP contribution < -0.4 is 10.6 Å². The van der Waals surface area contributed by atoms with Gasteiger partial charge in [-0.2, -0.15) is 0 Å². The molecule has 1 aromatic rings. The molecule has 0 radical (unpaired) electrons. The van der Waals surface area contributed by atoms with Crippen LogP contribution in [0.25, 0.3) is 0 Å². The zero-order valence-corrected chi connectivity index (χ0v) is 11.8. The van der Waals surface area contributed by atoms with E-state index in [1.807, 2.05) is 0 Å². The van der Waals surface area contributed by atoms with Gasteiger partial charge in [-0.1, -0.05) is 0 Å². The summed E-state index contributed by atoms with van der Waals surface area (Å²) in [5.74, 6) is 1.26. The van der Waals surface area contributed by atoms with E-state index in [-0.39, 0.29) is 12.5 Å². The van der Waals surface area contributed by atoms with Crippen molar-refractivity contribution in [2.45, 2.75) is 26.3 Å². The molecule has 0 spiro atoms. The van der Waals surface area contributed by atoms with Crippen molar-refractivity contribution in [3.05, 3.63) is 23.2 Å². The summed E-state index contributed by atoms with van der Waals surface area (Å²) in [5, 5.41) is 5.85. The molecule has 2 rings (SSSR count). The average Bonchev–Trinajstić information content (AvgIpc) is 3.17. The summed E-state index contributed by atoms with van der Waals surface area (Å²) in [4.78, 5) is 23.0. The molecule has 1 fully saturated rings. The monoisotopic (exact) mass is 280 g/mol. The fraction of sp³-hybridized carbons (Fsp3) is 0.571. The normalized spacial score (nSPS) is 14.1. The number of amides is 1. The Kier molecular flexibility index (Phi) is 4.79. The van der Waals surface area contributed by atoms with Crippen LogP contribution in [-0.4, -0.2) is 32.1 Å². The summed E-state index contributed by atoms with van der Waals surface area (Å²) in [6.45, 7) is 3.16. The predicted octanol–water partition coefficient (Wildman–Crippen LogP) is 0.990. The van der Waals surface area contributed by atoms with Gasteiger partial charge in [-0.3, -0.25) is 4.79 Å². The predicted molar refractivity (Wildman–Crippen MR) is 72.2 cm³/mol. The molecule has 0 aliphatic heterocycles. The third kappa shape index (κ3) is 4.09. The molecule has 0 unspecified atom stereocenters. The van der Waals surface area contributed by atoms with Gasteiger partial charge in [-0.05, 0) is 38.3 Å². The largest absolute Gasteiger partial charge is 0.465 e. The highest BCUT2D eigenvalue weighted by atomic mass is 16.5. The molecular formula is C14H20N2O4. The molecule has 6 heteroatoms. The third-order valence-electron chi connectivity index (χ3n) is 3.25. The smallest absolute Gasteiger partial charge is 0.341 e. The number of rotatable bonds is 7. The average molecular weight is 280 g/mol. The molecule has 110 valence electrons. The van der Waals surface area contributed by atoms with Crippen LogP contribution >= 0.6 is 0 Å². The summed E-state index contributed by atoms with van der Waals surface area (Å²) in [6.07, 6.45) is 2.52. The van der Waals surface area contributed by atoms with Crippen LogP contribution in [0.2, 0.25) is 0 Å². The summed E-state index contributed by atoms with van der Waals surface area (Å²) in [6, 6.07) is 1.60. The zero-order chi connectivity index (χ0) is 14.5. The molecule has 6 nitrogen and oxygen atoms in total. The third-order valence-corrected chi connectivity index (χ3v) is 3.25. The summed E-state index contributed by atoms with van der Waals surface area (Å²) in [5.41, 5.74) is 0.392. The van der Waals surface area contributed by atoms with Crippen molar-refractivity contribution in [3.63, 3.8) is 0 Å². The molecule has 1 aliphatic carbocycles. The first kappa shape index (κ1) is 14.6. The van der Waals surface area contributed by atoms with E-state index in [0.717, 1.165) is 12.5 Å². The lowest BCUT2D eigenvalue weighted by Crippen LogP contribution is -2.34. The van der Waals surface area contributed by atoms with Crippen molar-refractivity contribution >= 4 is 11.9 Å². The first-order valence-corrected chi connectivity index (χ1v) is 6.75. The molecule has 1 aromatic heterocycles. The van der Waals surface area contributed by atoms with Gasteiger partial charge in [-0.25, -0.2) is 4.79 Å². The van der Waals surface area contributed by atoms with E-state index in [2.05, 4.69) is 15.4 Å². The number of carbonyl (C=O) groups excluding carboxylic acids is 2. The Balaban J connectivity index is 1.75. The van der Waals surface area contributed by atoms with Gasteiger partial charge >= 0.3 is 5.97 Å². The van der Waals surface area contributed by atoms with Crippen LogP contribution in [0.3, 0.4) is 0 Å². The van der Waals surface area contributed by atoms with E-state index < -0.39 is 5.97 Å².